The molecule has 1 amide bonds. The summed E-state index contributed by atoms with van der Waals surface area (Å²) in [6, 6.07) is 11.4. The Morgan fingerprint density at radius 2 is 1.84 bits per heavy atom. The number of sulfone groups is 1. The predicted molar refractivity (Wildman–Crippen MR) is 116 cm³/mol. The smallest absolute Gasteiger partial charge is 0.228 e. The second-order valence-corrected chi connectivity index (χ2v) is 10.6. The number of nitrogens with one attached hydrogen (secondary N) is 1. The number of fused-ring (bicyclic) bond motifs is 1. The summed E-state index contributed by atoms with van der Waals surface area (Å²) in [5.41, 5.74) is 2.92. The Hall–Kier alpha value is -2.78. The average Bonchev–Trinajstić information content (AvgIpc) is 3.56. The number of carbonyl (C=O) groups is 1. The fourth-order valence-corrected chi connectivity index (χ4v) is 5.17. The van der Waals surface area contributed by atoms with Crippen LogP contribution < -0.4 is 5.32 Å². The van der Waals surface area contributed by atoms with E-state index in [2.05, 4.69) is 15.3 Å². The zero-order chi connectivity index (χ0) is 21.6. The third-order valence-electron chi connectivity index (χ3n) is 5.90. The van der Waals surface area contributed by atoms with E-state index < -0.39 is 15.7 Å². The van der Waals surface area contributed by atoms with Gasteiger partial charge in [0.05, 0.1) is 11.5 Å². The van der Waals surface area contributed by atoms with E-state index >= 15 is 4.39 Å². The Bertz CT molecular complexity index is 1240. The maximum Gasteiger partial charge on any atom is 0.228 e. The monoisotopic (exact) mass is 442 g/mol. The van der Waals surface area contributed by atoms with E-state index in [0.29, 0.717) is 30.7 Å². The second kappa shape index (κ2) is 7.72. The summed E-state index contributed by atoms with van der Waals surface area (Å²) in [6.07, 6.45) is 3.34. The lowest BCUT2D eigenvalue weighted by Crippen LogP contribution is -2.39. The molecule has 1 aliphatic heterocycles. The number of halogens is 1. The molecule has 0 radical (unpaired) electrons. The van der Waals surface area contributed by atoms with Gasteiger partial charge in [0.25, 0.3) is 0 Å². The van der Waals surface area contributed by atoms with Gasteiger partial charge in [0, 0.05) is 37.3 Å². The Morgan fingerprint density at radius 3 is 2.52 bits per heavy atom. The molecule has 2 aromatic heterocycles. The average molecular weight is 443 g/mol. The van der Waals surface area contributed by atoms with Gasteiger partial charge < -0.3 is 5.32 Å². The van der Waals surface area contributed by atoms with Crippen molar-refractivity contribution in [2.75, 3.05) is 29.9 Å². The number of nitrogens with zero attached hydrogens (tertiary/aromatic N) is 3. The number of amides is 1. The predicted octanol–water partition coefficient (Wildman–Crippen LogP) is 2.72. The third kappa shape index (κ3) is 4.20. The van der Waals surface area contributed by atoms with Crippen molar-refractivity contribution in [1.82, 2.24) is 14.5 Å². The van der Waals surface area contributed by atoms with Gasteiger partial charge in [-0.2, -0.15) is 0 Å². The second-order valence-electron chi connectivity index (χ2n) is 8.27. The SMILES string of the molecule is O=C(Nc1nn2cccc(-c3ccc(CN4CCS(=O)(=O)CC4)cc3)c2c1F)C1CC1. The summed E-state index contributed by atoms with van der Waals surface area (Å²) < 4.78 is 39.8. The topological polar surface area (TPSA) is 83.8 Å². The molecule has 0 atom stereocenters. The van der Waals surface area contributed by atoms with E-state index in [4.69, 9.17) is 0 Å². The molecule has 9 heteroatoms. The number of aromatic nitrogens is 2. The maximum absolute atomic E-state index is 15.1. The van der Waals surface area contributed by atoms with Crippen molar-refractivity contribution in [3.63, 3.8) is 0 Å². The lowest BCUT2D eigenvalue weighted by Gasteiger charge is -2.26. The standard InChI is InChI=1S/C22H23FN4O3S/c23-19-20-18(2-1-9-27(20)25-21(19)24-22(28)17-7-8-17)16-5-3-15(4-6-16)14-26-10-12-31(29,30)13-11-26/h1-6,9,17H,7-8,10-14H2,(H,24,25,28). The van der Waals surface area contributed by atoms with E-state index in [9.17, 15) is 13.2 Å². The molecule has 1 aliphatic carbocycles. The van der Waals surface area contributed by atoms with Gasteiger partial charge in [0.1, 0.15) is 5.52 Å². The van der Waals surface area contributed by atoms with Crippen molar-refractivity contribution >= 4 is 27.1 Å². The Morgan fingerprint density at radius 1 is 1.13 bits per heavy atom. The van der Waals surface area contributed by atoms with Crippen molar-refractivity contribution in [2.45, 2.75) is 19.4 Å². The summed E-state index contributed by atoms with van der Waals surface area (Å²) in [5, 5.41) is 6.82. The molecule has 0 bridgehead atoms. The molecule has 31 heavy (non-hydrogen) atoms. The highest BCUT2D eigenvalue weighted by Gasteiger charge is 2.31. The first kappa shape index (κ1) is 20.1. The molecule has 1 saturated heterocycles. The van der Waals surface area contributed by atoms with E-state index in [1.165, 1.54) is 4.52 Å². The third-order valence-corrected chi connectivity index (χ3v) is 7.50. The highest BCUT2D eigenvalue weighted by Crippen LogP contribution is 2.33. The molecule has 5 rings (SSSR count). The molecule has 7 nitrogen and oxygen atoms in total. The van der Waals surface area contributed by atoms with E-state index in [0.717, 1.165) is 24.0 Å². The van der Waals surface area contributed by atoms with Crippen LogP contribution in [-0.4, -0.2) is 53.4 Å². The maximum atomic E-state index is 15.1. The molecule has 2 fully saturated rings. The molecule has 3 heterocycles. The first-order valence-electron chi connectivity index (χ1n) is 10.4. The van der Waals surface area contributed by atoms with Crippen molar-refractivity contribution in [3.8, 4) is 11.1 Å². The highest BCUT2D eigenvalue weighted by molar-refractivity contribution is 7.91. The van der Waals surface area contributed by atoms with Gasteiger partial charge in [-0.1, -0.05) is 30.3 Å². The Labute approximate surface area is 179 Å². The first-order chi connectivity index (χ1) is 14.9. The van der Waals surface area contributed by atoms with Crippen LogP contribution in [0, 0.1) is 11.7 Å². The van der Waals surface area contributed by atoms with Crippen molar-refractivity contribution < 1.29 is 17.6 Å². The van der Waals surface area contributed by atoms with E-state index in [-0.39, 0.29) is 29.1 Å². The molecule has 0 unspecified atom stereocenters. The van der Waals surface area contributed by atoms with E-state index in [1.54, 1.807) is 12.3 Å². The zero-order valence-corrected chi connectivity index (χ0v) is 17.7. The van der Waals surface area contributed by atoms with Gasteiger partial charge in [-0.3, -0.25) is 9.69 Å². The summed E-state index contributed by atoms with van der Waals surface area (Å²) >= 11 is 0. The fourth-order valence-electron chi connectivity index (χ4n) is 3.90. The van der Waals surface area contributed by atoms with Crippen molar-refractivity contribution in [2.24, 2.45) is 5.92 Å². The molecule has 3 aromatic rings. The molecular formula is C22H23FN4O3S. The summed E-state index contributed by atoms with van der Waals surface area (Å²) in [7, 11) is -2.89. The van der Waals surface area contributed by atoms with Crippen LogP contribution in [0.4, 0.5) is 10.2 Å². The van der Waals surface area contributed by atoms with Crippen LogP contribution in [0.25, 0.3) is 16.6 Å². The van der Waals surface area contributed by atoms with Crippen LogP contribution >= 0.6 is 0 Å². The number of benzene rings is 1. The number of pyridine rings is 1. The van der Waals surface area contributed by atoms with Gasteiger partial charge in [-0.05, 0) is 30.0 Å². The van der Waals surface area contributed by atoms with Gasteiger partial charge in [-0.15, -0.1) is 5.10 Å². The van der Waals surface area contributed by atoms with Gasteiger partial charge in [0.15, 0.2) is 21.5 Å². The normalized spacial score (nSPS) is 18.9. The lowest BCUT2D eigenvalue weighted by molar-refractivity contribution is -0.117. The Kier molecular flexibility index (Phi) is 5.02. The number of rotatable bonds is 5. The highest BCUT2D eigenvalue weighted by atomic mass is 32.2. The molecule has 1 aromatic carbocycles. The first-order valence-corrected chi connectivity index (χ1v) is 12.2. The summed E-state index contributed by atoms with van der Waals surface area (Å²) in [5.74, 6) is -0.389. The minimum Gasteiger partial charge on any atom is -0.306 e. The van der Waals surface area contributed by atoms with Crippen LogP contribution in [0.3, 0.4) is 0 Å². The van der Waals surface area contributed by atoms with Crippen molar-refractivity contribution in [1.29, 1.82) is 0 Å². The number of hydrogen-bond donors (Lipinski definition) is 1. The van der Waals surface area contributed by atoms with Crippen LogP contribution in [0.5, 0.6) is 0 Å². The summed E-state index contributed by atoms with van der Waals surface area (Å²) in [4.78, 5) is 14.2. The van der Waals surface area contributed by atoms with Crippen LogP contribution in [-0.2, 0) is 21.2 Å². The fraction of sp³-hybridized carbons (Fsp3) is 0.364. The van der Waals surface area contributed by atoms with Crippen LogP contribution in [0.1, 0.15) is 18.4 Å². The summed E-state index contributed by atoms with van der Waals surface area (Å²) in [6.45, 7) is 1.76. The number of anilines is 1. The largest absolute Gasteiger partial charge is 0.306 e. The molecule has 1 N–H and O–H groups in total. The molecular weight excluding hydrogens is 419 g/mol. The Balaban J connectivity index is 1.37. The number of carbonyl (C=O) groups excluding carboxylic acids is 1. The van der Waals surface area contributed by atoms with E-state index in [1.807, 2.05) is 30.3 Å². The molecule has 162 valence electrons. The molecule has 2 aliphatic rings. The van der Waals surface area contributed by atoms with Gasteiger partial charge >= 0.3 is 0 Å². The minimum absolute atomic E-state index is 0.0313. The van der Waals surface area contributed by atoms with Crippen LogP contribution in [0.2, 0.25) is 0 Å². The lowest BCUT2D eigenvalue weighted by atomic mass is 10.0. The molecule has 1 saturated carbocycles. The number of hydrogen-bond acceptors (Lipinski definition) is 5. The van der Waals surface area contributed by atoms with Gasteiger partial charge in [-0.25, -0.2) is 17.3 Å². The zero-order valence-electron chi connectivity index (χ0n) is 16.9. The van der Waals surface area contributed by atoms with Gasteiger partial charge in [0.2, 0.25) is 5.91 Å². The van der Waals surface area contributed by atoms with Crippen molar-refractivity contribution in [3.05, 3.63) is 54.0 Å². The minimum atomic E-state index is -2.89. The van der Waals surface area contributed by atoms with Crippen LogP contribution in [0.15, 0.2) is 42.6 Å². The molecule has 0 spiro atoms. The quantitative estimate of drug-likeness (QED) is 0.657.